The van der Waals surface area contributed by atoms with Gasteiger partial charge in [0.2, 0.25) is 6.10 Å². The highest BCUT2D eigenvalue weighted by atomic mass is 35.5. The summed E-state index contributed by atoms with van der Waals surface area (Å²) in [6.07, 6.45) is -1.60. The van der Waals surface area contributed by atoms with Crippen molar-refractivity contribution in [3.8, 4) is 0 Å². The van der Waals surface area contributed by atoms with Gasteiger partial charge in [-0.2, -0.15) is 0 Å². The van der Waals surface area contributed by atoms with Crippen LogP contribution < -0.4 is 10.6 Å². The normalized spacial score (nSPS) is 11.2. The van der Waals surface area contributed by atoms with Crippen molar-refractivity contribution in [2.45, 2.75) is 18.9 Å². The first kappa shape index (κ1) is 21.1. The molecule has 0 aliphatic heterocycles. The number of imide groups is 1. The lowest BCUT2D eigenvalue weighted by molar-refractivity contribution is -0.156. The highest BCUT2D eigenvalue weighted by molar-refractivity contribution is 6.30. The van der Waals surface area contributed by atoms with Crippen LogP contribution in [-0.4, -0.2) is 30.7 Å². The quantitative estimate of drug-likeness (QED) is 0.547. The second-order valence-electron chi connectivity index (χ2n) is 5.78. The standard InChI is InChI=1S/C20H19ClN2O5/c1-22-20(27)23-19(26)18(14-5-3-2-4-6-14)28-17(25)12-11-16(24)13-7-9-15(21)10-8-13/h2-10,18H,11-12H2,1H3,(H2,22,23,26,27)/t18-/m0/s1. The fourth-order valence-electron chi connectivity index (χ4n) is 2.33. The molecule has 0 heterocycles. The third kappa shape index (κ3) is 6.21. The SMILES string of the molecule is CNC(=O)NC(=O)[C@@H](OC(=O)CCC(=O)c1ccc(Cl)cc1)c1ccccc1. The molecule has 0 bridgehead atoms. The highest BCUT2D eigenvalue weighted by Crippen LogP contribution is 2.19. The number of halogens is 1. The van der Waals surface area contributed by atoms with Gasteiger partial charge in [-0.1, -0.05) is 41.9 Å². The molecule has 0 fully saturated rings. The van der Waals surface area contributed by atoms with Crippen molar-refractivity contribution < 1.29 is 23.9 Å². The van der Waals surface area contributed by atoms with Crippen LogP contribution in [0.3, 0.4) is 0 Å². The van der Waals surface area contributed by atoms with Crippen LogP contribution in [0, 0.1) is 0 Å². The van der Waals surface area contributed by atoms with E-state index >= 15 is 0 Å². The molecule has 2 aromatic carbocycles. The molecule has 0 saturated heterocycles. The van der Waals surface area contributed by atoms with E-state index in [1.54, 1.807) is 54.6 Å². The van der Waals surface area contributed by atoms with Crippen molar-refractivity contribution in [1.29, 1.82) is 0 Å². The Labute approximate surface area is 167 Å². The Bertz CT molecular complexity index is 853. The Hall–Kier alpha value is -3.19. The number of benzene rings is 2. The molecule has 0 aromatic heterocycles. The number of rotatable bonds is 7. The van der Waals surface area contributed by atoms with E-state index in [4.69, 9.17) is 16.3 Å². The van der Waals surface area contributed by atoms with E-state index in [0.717, 1.165) is 0 Å². The van der Waals surface area contributed by atoms with E-state index in [0.29, 0.717) is 16.1 Å². The molecular formula is C20H19ClN2O5. The average Bonchev–Trinajstić information content (AvgIpc) is 2.71. The molecule has 0 unspecified atom stereocenters. The number of urea groups is 1. The number of ether oxygens (including phenoxy) is 1. The molecule has 3 amide bonds. The Morgan fingerprint density at radius 3 is 2.21 bits per heavy atom. The molecule has 1 atom stereocenters. The van der Waals surface area contributed by atoms with Gasteiger partial charge in [0, 0.05) is 29.6 Å². The van der Waals surface area contributed by atoms with Gasteiger partial charge in [-0.25, -0.2) is 4.79 Å². The number of Topliss-reactive ketones (excluding diaryl/α,β-unsaturated/α-hetero) is 1. The smallest absolute Gasteiger partial charge is 0.321 e. The van der Waals surface area contributed by atoms with Gasteiger partial charge >= 0.3 is 12.0 Å². The van der Waals surface area contributed by atoms with Gasteiger partial charge in [0.1, 0.15) is 0 Å². The fraction of sp³-hybridized carbons (Fsp3) is 0.200. The molecule has 0 spiro atoms. The first-order valence-corrected chi connectivity index (χ1v) is 8.84. The number of esters is 1. The molecule has 2 N–H and O–H groups in total. The molecule has 0 aliphatic carbocycles. The van der Waals surface area contributed by atoms with E-state index in [1.807, 2.05) is 0 Å². The summed E-state index contributed by atoms with van der Waals surface area (Å²) in [7, 11) is 1.36. The molecule has 28 heavy (non-hydrogen) atoms. The predicted octanol–water partition coefficient (Wildman–Crippen LogP) is 3.04. The number of carbonyl (C=O) groups is 4. The lowest BCUT2D eigenvalue weighted by Gasteiger charge is -2.17. The van der Waals surface area contributed by atoms with E-state index in [-0.39, 0.29) is 18.6 Å². The van der Waals surface area contributed by atoms with E-state index in [2.05, 4.69) is 10.6 Å². The number of hydrogen-bond acceptors (Lipinski definition) is 5. The second-order valence-corrected chi connectivity index (χ2v) is 6.22. The molecule has 0 aliphatic rings. The zero-order valence-corrected chi connectivity index (χ0v) is 15.9. The fourth-order valence-corrected chi connectivity index (χ4v) is 2.45. The van der Waals surface area contributed by atoms with Gasteiger partial charge in [-0.05, 0) is 24.3 Å². The van der Waals surface area contributed by atoms with Crippen LogP contribution in [0.2, 0.25) is 5.02 Å². The van der Waals surface area contributed by atoms with Gasteiger partial charge in [-0.3, -0.25) is 19.7 Å². The Morgan fingerprint density at radius 2 is 1.61 bits per heavy atom. The molecule has 146 valence electrons. The molecule has 0 radical (unpaired) electrons. The van der Waals surface area contributed by atoms with Crippen molar-refractivity contribution in [2.24, 2.45) is 0 Å². The van der Waals surface area contributed by atoms with Gasteiger partial charge in [0.05, 0.1) is 6.42 Å². The van der Waals surface area contributed by atoms with E-state index in [1.165, 1.54) is 7.05 Å². The van der Waals surface area contributed by atoms with E-state index < -0.39 is 24.0 Å². The first-order valence-electron chi connectivity index (χ1n) is 8.46. The third-order valence-electron chi connectivity index (χ3n) is 3.78. The zero-order chi connectivity index (χ0) is 20.5. The maximum atomic E-state index is 12.3. The minimum Gasteiger partial charge on any atom is -0.447 e. The minimum absolute atomic E-state index is 0.0843. The summed E-state index contributed by atoms with van der Waals surface area (Å²) in [4.78, 5) is 48.1. The summed E-state index contributed by atoms with van der Waals surface area (Å²) in [5.41, 5.74) is 0.829. The number of hydrogen-bond donors (Lipinski definition) is 2. The molecule has 8 heteroatoms. The van der Waals surface area contributed by atoms with Crippen LogP contribution in [-0.2, 0) is 14.3 Å². The summed E-state index contributed by atoms with van der Waals surface area (Å²) in [6, 6.07) is 13.9. The number of carbonyl (C=O) groups excluding carboxylic acids is 4. The molecule has 2 aromatic rings. The second kappa shape index (κ2) is 10.2. The van der Waals surface area contributed by atoms with Crippen LogP contribution >= 0.6 is 11.6 Å². The van der Waals surface area contributed by atoms with Gasteiger partial charge < -0.3 is 10.1 Å². The molecule has 2 rings (SSSR count). The third-order valence-corrected chi connectivity index (χ3v) is 4.03. The topological polar surface area (TPSA) is 102 Å². The largest absolute Gasteiger partial charge is 0.447 e. The Balaban J connectivity index is 2.01. The average molecular weight is 403 g/mol. The predicted molar refractivity (Wildman–Crippen MR) is 103 cm³/mol. The number of amides is 3. The van der Waals surface area contributed by atoms with Crippen LogP contribution in [0.4, 0.5) is 4.79 Å². The minimum atomic E-state index is -1.31. The van der Waals surface area contributed by atoms with Crippen molar-refractivity contribution in [2.75, 3.05) is 7.05 Å². The monoisotopic (exact) mass is 402 g/mol. The van der Waals surface area contributed by atoms with Crippen LogP contribution in [0.5, 0.6) is 0 Å². The van der Waals surface area contributed by atoms with Crippen molar-refractivity contribution in [3.05, 3.63) is 70.7 Å². The number of nitrogens with one attached hydrogen (secondary N) is 2. The maximum Gasteiger partial charge on any atom is 0.321 e. The van der Waals surface area contributed by atoms with Gasteiger partial charge in [-0.15, -0.1) is 0 Å². The van der Waals surface area contributed by atoms with Crippen LogP contribution in [0.25, 0.3) is 0 Å². The molecule has 7 nitrogen and oxygen atoms in total. The lowest BCUT2D eigenvalue weighted by Crippen LogP contribution is -2.41. The first-order chi connectivity index (χ1) is 13.4. The highest BCUT2D eigenvalue weighted by Gasteiger charge is 2.26. The molecule has 0 saturated carbocycles. The summed E-state index contributed by atoms with van der Waals surface area (Å²) in [5.74, 6) is -1.77. The summed E-state index contributed by atoms with van der Waals surface area (Å²) >= 11 is 5.78. The lowest BCUT2D eigenvalue weighted by atomic mass is 10.1. The van der Waals surface area contributed by atoms with Crippen molar-refractivity contribution in [1.82, 2.24) is 10.6 Å². The zero-order valence-electron chi connectivity index (χ0n) is 15.1. The van der Waals surface area contributed by atoms with Crippen LogP contribution in [0.1, 0.15) is 34.9 Å². The summed E-state index contributed by atoms with van der Waals surface area (Å²) in [6.45, 7) is 0. The Kier molecular flexibility index (Phi) is 7.71. The van der Waals surface area contributed by atoms with Crippen LogP contribution in [0.15, 0.2) is 54.6 Å². The van der Waals surface area contributed by atoms with Gasteiger partial charge in [0.15, 0.2) is 5.78 Å². The maximum absolute atomic E-state index is 12.3. The summed E-state index contributed by atoms with van der Waals surface area (Å²) in [5, 5.41) is 4.84. The van der Waals surface area contributed by atoms with E-state index in [9.17, 15) is 19.2 Å². The Morgan fingerprint density at radius 1 is 0.964 bits per heavy atom. The number of ketones is 1. The van der Waals surface area contributed by atoms with Crippen molar-refractivity contribution >= 4 is 35.3 Å². The summed E-state index contributed by atoms with van der Waals surface area (Å²) < 4.78 is 5.24. The van der Waals surface area contributed by atoms with Gasteiger partial charge in [0.25, 0.3) is 5.91 Å². The van der Waals surface area contributed by atoms with Crippen molar-refractivity contribution in [3.63, 3.8) is 0 Å². The molecular weight excluding hydrogens is 384 g/mol.